The summed E-state index contributed by atoms with van der Waals surface area (Å²) in [5.74, 6) is 0. The number of aliphatic hydroxyl groups is 2. The highest BCUT2D eigenvalue weighted by atomic mass is 16.3. The minimum absolute atomic E-state index is 0.0744. The van der Waals surface area contributed by atoms with E-state index in [1.54, 1.807) is 0 Å². The normalized spacial score (nSPS) is 16.8. The summed E-state index contributed by atoms with van der Waals surface area (Å²) >= 11 is 0. The molecule has 0 aliphatic heterocycles. The van der Waals surface area contributed by atoms with Gasteiger partial charge in [0, 0.05) is 12.1 Å². The number of benzene rings is 1. The molecule has 90 valence electrons. The molecule has 0 heterocycles. The van der Waals surface area contributed by atoms with Crippen molar-refractivity contribution in [2.75, 3.05) is 13.2 Å². The van der Waals surface area contributed by atoms with Gasteiger partial charge in [0.2, 0.25) is 0 Å². The first kappa shape index (κ1) is 13.2. The van der Waals surface area contributed by atoms with E-state index in [1.807, 2.05) is 44.2 Å². The van der Waals surface area contributed by atoms with Crippen LogP contribution >= 0.6 is 0 Å². The molecular weight excluding hydrogens is 202 g/mol. The van der Waals surface area contributed by atoms with Gasteiger partial charge in [-0.25, -0.2) is 0 Å². The summed E-state index contributed by atoms with van der Waals surface area (Å²) in [7, 11) is 0. The molecule has 1 rings (SSSR count). The third kappa shape index (κ3) is 3.59. The average Bonchev–Trinajstić information content (AvgIpc) is 2.36. The third-order valence-electron chi connectivity index (χ3n) is 3.04. The topological polar surface area (TPSA) is 52.5 Å². The van der Waals surface area contributed by atoms with E-state index in [1.165, 1.54) is 0 Å². The van der Waals surface area contributed by atoms with Crippen LogP contribution in [0.15, 0.2) is 30.3 Å². The highest BCUT2D eigenvalue weighted by Gasteiger charge is 2.21. The molecule has 1 aromatic carbocycles. The van der Waals surface area contributed by atoms with Gasteiger partial charge in [-0.05, 0) is 18.9 Å². The highest BCUT2D eigenvalue weighted by molar-refractivity contribution is 5.17. The van der Waals surface area contributed by atoms with Crippen LogP contribution in [0, 0.1) is 0 Å². The molecule has 0 spiro atoms. The molecule has 1 aromatic rings. The van der Waals surface area contributed by atoms with E-state index in [9.17, 15) is 10.2 Å². The van der Waals surface area contributed by atoms with Crippen molar-refractivity contribution >= 4 is 0 Å². The number of hydrogen-bond acceptors (Lipinski definition) is 3. The SMILES string of the molecule is CCC(C)(CO)NCC(O)c1ccccc1. The smallest absolute Gasteiger partial charge is 0.0914 e. The Morgan fingerprint density at radius 1 is 1.31 bits per heavy atom. The van der Waals surface area contributed by atoms with Gasteiger partial charge in [0.1, 0.15) is 0 Å². The Morgan fingerprint density at radius 3 is 2.44 bits per heavy atom. The van der Waals surface area contributed by atoms with E-state index in [0.717, 1.165) is 12.0 Å². The summed E-state index contributed by atoms with van der Waals surface area (Å²) in [6.45, 7) is 4.49. The molecule has 0 saturated heterocycles. The molecule has 3 heteroatoms. The van der Waals surface area contributed by atoms with Crippen molar-refractivity contribution in [1.29, 1.82) is 0 Å². The van der Waals surface area contributed by atoms with Crippen molar-refractivity contribution in [3.05, 3.63) is 35.9 Å². The summed E-state index contributed by atoms with van der Waals surface area (Å²) in [5.41, 5.74) is 0.585. The van der Waals surface area contributed by atoms with Crippen molar-refractivity contribution in [1.82, 2.24) is 5.32 Å². The second-order valence-electron chi connectivity index (χ2n) is 4.38. The molecule has 0 aromatic heterocycles. The van der Waals surface area contributed by atoms with E-state index >= 15 is 0 Å². The zero-order chi connectivity index (χ0) is 12.0. The van der Waals surface area contributed by atoms with Crippen LogP contribution in [0.2, 0.25) is 0 Å². The molecule has 0 amide bonds. The molecule has 0 bridgehead atoms. The average molecular weight is 223 g/mol. The van der Waals surface area contributed by atoms with Crippen LogP contribution in [0.4, 0.5) is 0 Å². The number of hydrogen-bond donors (Lipinski definition) is 3. The molecule has 0 saturated carbocycles. The van der Waals surface area contributed by atoms with Crippen LogP contribution < -0.4 is 5.32 Å². The van der Waals surface area contributed by atoms with E-state index < -0.39 is 6.10 Å². The van der Waals surface area contributed by atoms with Crippen molar-refractivity contribution in [2.45, 2.75) is 31.9 Å². The number of rotatable bonds is 6. The van der Waals surface area contributed by atoms with Gasteiger partial charge < -0.3 is 15.5 Å². The maximum atomic E-state index is 9.93. The molecule has 0 aliphatic rings. The molecule has 0 radical (unpaired) electrons. The minimum atomic E-state index is -0.529. The van der Waals surface area contributed by atoms with E-state index in [2.05, 4.69) is 5.32 Å². The van der Waals surface area contributed by atoms with Crippen molar-refractivity contribution in [3.8, 4) is 0 Å². The van der Waals surface area contributed by atoms with Gasteiger partial charge in [0.05, 0.1) is 12.7 Å². The Labute approximate surface area is 97.1 Å². The van der Waals surface area contributed by atoms with E-state index in [-0.39, 0.29) is 12.1 Å². The summed E-state index contributed by atoms with van der Waals surface area (Å²) in [4.78, 5) is 0. The van der Waals surface area contributed by atoms with Gasteiger partial charge in [0.25, 0.3) is 0 Å². The van der Waals surface area contributed by atoms with Crippen LogP contribution in [0.5, 0.6) is 0 Å². The lowest BCUT2D eigenvalue weighted by atomic mass is 9.99. The number of nitrogens with one attached hydrogen (secondary N) is 1. The predicted octanol–water partition coefficient (Wildman–Crippen LogP) is 1.47. The second kappa shape index (κ2) is 5.99. The lowest BCUT2D eigenvalue weighted by Crippen LogP contribution is -2.46. The molecule has 0 aliphatic carbocycles. The molecule has 2 atom stereocenters. The van der Waals surface area contributed by atoms with Gasteiger partial charge in [-0.2, -0.15) is 0 Å². The van der Waals surface area contributed by atoms with Gasteiger partial charge in [-0.1, -0.05) is 37.3 Å². The standard InChI is InChI=1S/C13H21NO2/c1-3-13(2,10-15)14-9-12(16)11-7-5-4-6-8-11/h4-8,12,14-16H,3,9-10H2,1-2H3. The molecule has 3 N–H and O–H groups in total. The van der Waals surface area contributed by atoms with Crippen LogP contribution in [0.3, 0.4) is 0 Å². The zero-order valence-corrected chi connectivity index (χ0v) is 9.98. The molecule has 0 fully saturated rings. The zero-order valence-electron chi connectivity index (χ0n) is 9.98. The first-order valence-electron chi connectivity index (χ1n) is 5.70. The maximum Gasteiger partial charge on any atom is 0.0914 e. The number of aliphatic hydroxyl groups excluding tert-OH is 2. The first-order valence-corrected chi connectivity index (χ1v) is 5.70. The van der Waals surface area contributed by atoms with Crippen LogP contribution in [-0.2, 0) is 0 Å². The summed E-state index contributed by atoms with van der Waals surface area (Å²) in [6, 6.07) is 9.53. The van der Waals surface area contributed by atoms with Gasteiger partial charge in [0.15, 0.2) is 0 Å². The van der Waals surface area contributed by atoms with E-state index in [4.69, 9.17) is 0 Å². The Morgan fingerprint density at radius 2 is 1.94 bits per heavy atom. The first-order chi connectivity index (χ1) is 7.61. The predicted molar refractivity (Wildman–Crippen MR) is 65.2 cm³/mol. The summed E-state index contributed by atoms with van der Waals surface area (Å²) in [5, 5.41) is 22.3. The quantitative estimate of drug-likeness (QED) is 0.684. The van der Waals surface area contributed by atoms with Gasteiger partial charge in [-0.15, -0.1) is 0 Å². The Bertz CT molecular complexity index is 296. The maximum absolute atomic E-state index is 9.93. The fraction of sp³-hybridized carbons (Fsp3) is 0.538. The monoisotopic (exact) mass is 223 g/mol. The molecule has 16 heavy (non-hydrogen) atoms. The third-order valence-corrected chi connectivity index (χ3v) is 3.04. The Kier molecular flexibility index (Phi) is 4.93. The molecule has 3 nitrogen and oxygen atoms in total. The minimum Gasteiger partial charge on any atom is -0.394 e. The molecule has 2 unspecified atom stereocenters. The second-order valence-corrected chi connectivity index (χ2v) is 4.38. The Hall–Kier alpha value is -0.900. The largest absolute Gasteiger partial charge is 0.394 e. The lowest BCUT2D eigenvalue weighted by molar-refractivity contribution is 0.126. The van der Waals surface area contributed by atoms with Gasteiger partial charge in [-0.3, -0.25) is 0 Å². The van der Waals surface area contributed by atoms with E-state index in [0.29, 0.717) is 6.54 Å². The Balaban J connectivity index is 2.50. The van der Waals surface area contributed by atoms with Gasteiger partial charge >= 0.3 is 0 Å². The van der Waals surface area contributed by atoms with Crippen molar-refractivity contribution < 1.29 is 10.2 Å². The fourth-order valence-corrected chi connectivity index (χ4v) is 1.43. The van der Waals surface area contributed by atoms with Crippen molar-refractivity contribution in [2.24, 2.45) is 0 Å². The van der Waals surface area contributed by atoms with Crippen LogP contribution in [0.25, 0.3) is 0 Å². The van der Waals surface area contributed by atoms with Crippen LogP contribution in [0.1, 0.15) is 31.9 Å². The number of β-amino-alcohol motifs (C(OH)–C–C–N with tert-alkyl or cyclic N) is 1. The lowest BCUT2D eigenvalue weighted by Gasteiger charge is -2.28. The summed E-state index contributed by atoms with van der Waals surface area (Å²) < 4.78 is 0. The van der Waals surface area contributed by atoms with Crippen molar-refractivity contribution in [3.63, 3.8) is 0 Å². The fourth-order valence-electron chi connectivity index (χ4n) is 1.43. The molecular formula is C13H21NO2. The highest BCUT2D eigenvalue weighted by Crippen LogP contribution is 2.14. The van der Waals surface area contributed by atoms with Crippen LogP contribution in [-0.4, -0.2) is 28.9 Å². The summed E-state index contributed by atoms with van der Waals surface area (Å²) in [6.07, 6.45) is 0.295.